The van der Waals surface area contributed by atoms with Crippen molar-refractivity contribution < 1.29 is 64.6 Å². The molecule has 4 fully saturated rings. The second-order valence-corrected chi connectivity index (χ2v) is 12.5. The SMILES string of the molecule is NC1CC(O)(C(=O)C[C@@H]2C[C@H](N)C(O[C@H]3O[C@H](CNCCO)[C@@H](O)[C@H](O)[C@H]3N)[C@H](O)[C@H]2O[C@H]2O[C@H](CO)[C@@H](O)[C@H](N)[C@H]2O)C1. The Morgan fingerprint density at radius 1 is 0.818 bits per heavy atom. The lowest BCUT2D eigenvalue weighted by molar-refractivity contribution is -0.323. The number of carbonyl (C=O) groups is 1. The van der Waals surface area contributed by atoms with Gasteiger partial charge in [-0.05, 0) is 25.2 Å². The van der Waals surface area contributed by atoms with E-state index in [2.05, 4.69) is 5.32 Å². The predicted molar refractivity (Wildman–Crippen MR) is 148 cm³/mol. The number of nitrogens with one attached hydrogen (secondary N) is 1. The maximum absolute atomic E-state index is 13.1. The Bertz CT molecular complexity index is 948. The van der Waals surface area contributed by atoms with Gasteiger partial charge in [-0.15, -0.1) is 0 Å². The summed E-state index contributed by atoms with van der Waals surface area (Å²) in [6, 6.07) is -3.82. The zero-order valence-electron chi connectivity index (χ0n) is 24.3. The van der Waals surface area contributed by atoms with Crippen LogP contribution in [0.25, 0.3) is 0 Å². The summed E-state index contributed by atoms with van der Waals surface area (Å²) >= 11 is 0. The molecule has 0 aromatic heterocycles. The lowest BCUT2D eigenvalue weighted by Crippen LogP contribution is -2.68. The first-order valence-corrected chi connectivity index (χ1v) is 14.9. The maximum Gasteiger partial charge on any atom is 0.186 e. The molecule has 0 radical (unpaired) electrons. The van der Waals surface area contributed by atoms with Gasteiger partial charge in [-0.2, -0.15) is 0 Å². The van der Waals surface area contributed by atoms with E-state index in [0.717, 1.165) is 0 Å². The fraction of sp³-hybridized carbons (Fsp3) is 0.962. The van der Waals surface area contributed by atoms with Crippen molar-refractivity contribution in [1.82, 2.24) is 5.32 Å². The molecule has 17 N–H and O–H groups in total. The number of Topliss-reactive ketones (excluding diaryl/α,β-unsaturated/α-hetero) is 1. The normalized spacial score (nSPS) is 49.8. The average molecular weight is 640 g/mol. The van der Waals surface area contributed by atoms with E-state index in [1.165, 1.54) is 0 Å². The lowest BCUT2D eigenvalue weighted by atomic mass is 9.69. The van der Waals surface area contributed by atoms with E-state index in [9.17, 15) is 40.5 Å². The third kappa shape index (κ3) is 7.42. The summed E-state index contributed by atoms with van der Waals surface area (Å²) < 4.78 is 23.4. The van der Waals surface area contributed by atoms with Gasteiger partial charge in [-0.1, -0.05) is 0 Å². The van der Waals surface area contributed by atoms with Gasteiger partial charge < -0.3 is 88.1 Å². The first kappa shape index (κ1) is 35.8. The van der Waals surface area contributed by atoms with Crippen LogP contribution >= 0.6 is 0 Å². The van der Waals surface area contributed by atoms with E-state index >= 15 is 0 Å². The summed E-state index contributed by atoms with van der Waals surface area (Å²) in [5, 5.41) is 85.8. The second kappa shape index (κ2) is 14.8. The standard InChI is InChI=1S/C26H49N5O13/c27-10-5-26(40,6-10)14(34)4-9-3-11(28)23(44-24-16(30)19(37)18(36)12(41-24)7-31-1-2-32)21(39)22(9)43-25-20(38)15(29)17(35)13(8-33)42-25/h9-13,15-25,31-33,35-40H,1-8,27-30H2/t9-,10?,11-,12+,13+,15-,16+,17+,18+,19+,20+,21+,22-,23?,24+,25+,26?/m0/s1. The third-order valence-electron chi connectivity index (χ3n) is 9.20. The molecular weight excluding hydrogens is 590 g/mol. The monoisotopic (exact) mass is 639 g/mol. The van der Waals surface area contributed by atoms with Crippen LogP contribution in [0.4, 0.5) is 0 Å². The Morgan fingerprint density at radius 2 is 1.45 bits per heavy atom. The molecule has 18 nitrogen and oxygen atoms in total. The van der Waals surface area contributed by atoms with E-state index in [0.29, 0.717) is 0 Å². The molecule has 2 aliphatic carbocycles. The first-order chi connectivity index (χ1) is 20.7. The minimum atomic E-state index is -1.64. The summed E-state index contributed by atoms with van der Waals surface area (Å²) in [7, 11) is 0. The van der Waals surface area contributed by atoms with Gasteiger partial charge in [0.05, 0.1) is 31.4 Å². The Morgan fingerprint density at radius 3 is 2.07 bits per heavy atom. The average Bonchev–Trinajstić information content (AvgIpc) is 2.97. The number of rotatable bonds is 12. The van der Waals surface area contributed by atoms with Crippen LogP contribution in [-0.4, -0.2) is 170 Å². The molecule has 15 atom stereocenters. The topological polar surface area (TPSA) is 332 Å². The van der Waals surface area contributed by atoms with Gasteiger partial charge >= 0.3 is 0 Å². The lowest BCUT2D eigenvalue weighted by Gasteiger charge is -2.49. The third-order valence-corrected chi connectivity index (χ3v) is 9.20. The van der Waals surface area contributed by atoms with Crippen LogP contribution in [0, 0.1) is 5.92 Å². The highest BCUT2D eigenvalue weighted by Gasteiger charge is 2.54. The number of aliphatic hydroxyl groups excluding tert-OH is 7. The van der Waals surface area contributed by atoms with Gasteiger partial charge in [0.2, 0.25) is 0 Å². The van der Waals surface area contributed by atoms with Crippen molar-refractivity contribution in [2.24, 2.45) is 28.9 Å². The predicted octanol–water partition coefficient (Wildman–Crippen LogP) is -7.60. The zero-order valence-corrected chi connectivity index (χ0v) is 24.3. The fourth-order valence-electron chi connectivity index (χ4n) is 6.48. The molecule has 0 aromatic carbocycles. The smallest absolute Gasteiger partial charge is 0.186 e. The van der Waals surface area contributed by atoms with Crippen molar-refractivity contribution in [2.45, 2.75) is 123 Å². The van der Waals surface area contributed by atoms with Crippen LogP contribution in [0.3, 0.4) is 0 Å². The molecule has 4 rings (SSSR count). The molecule has 0 amide bonds. The molecule has 256 valence electrons. The van der Waals surface area contributed by atoms with Crippen molar-refractivity contribution in [3.8, 4) is 0 Å². The van der Waals surface area contributed by atoms with Crippen LogP contribution in [-0.2, 0) is 23.7 Å². The quantitative estimate of drug-likeness (QED) is 0.0881. The zero-order chi connectivity index (χ0) is 32.5. The molecule has 1 unspecified atom stereocenters. The number of hydrogen-bond acceptors (Lipinski definition) is 18. The number of hydrogen-bond donors (Lipinski definition) is 13. The minimum absolute atomic E-state index is 0.00973. The summed E-state index contributed by atoms with van der Waals surface area (Å²) in [4.78, 5) is 13.1. The summed E-state index contributed by atoms with van der Waals surface area (Å²) in [5.41, 5.74) is 22.6. The molecule has 2 aliphatic heterocycles. The summed E-state index contributed by atoms with van der Waals surface area (Å²) in [6.45, 7) is -0.604. The van der Waals surface area contributed by atoms with Crippen LogP contribution in [0.1, 0.15) is 25.7 Å². The molecule has 0 bridgehead atoms. The molecule has 0 aromatic rings. The van der Waals surface area contributed by atoms with Crippen molar-refractivity contribution in [1.29, 1.82) is 0 Å². The van der Waals surface area contributed by atoms with Crippen molar-refractivity contribution in [3.63, 3.8) is 0 Å². The second-order valence-electron chi connectivity index (χ2n) is 12.5. The van der Waals surface area contributed by atoms with E-state index in [4.69, 9.17) is 47.0 Å². The van der Waals surface area contributed by atoms with Gasteiger partial charge in [0.25, 0.3) is 0 Å². The van der Waals surface area contributed by atoms with Gasteiger partial charge in [0.15, 0.2) is 18.4 Å². The highest BCUT2D eigenvalue weighted by atomic mass is 16.7. The van der Waals surface area contributed by atoms with Gasteiger partial charge in [0, 0.05) is 31.6 Å². The van der Waals surface area contributed by atoms with Crippen molar-refractivity contribution in [2.75, 3.05) is 26.3 Å². The summed E-state index contributed by atoms with van der Waals surface area (Å²) in [6.07, 6.45) is -15.4. The van der Waals surface area contributed by atoms with E-state index < -0.39 is 110 Å². The number of nitrogens with two attached hydrogens (primary N) is 4. The van der Waals surface area contributed by atoms with Crippen molar-refractivity contribution >= 4 is 5.78 Å². The molecule has 2 saturated heterocycles. The van der Waals surface area contributed by atoms with Crippen LogP contribution in [0.2, 0.25) is 0 Å². The van der Waals surface area contributed by atoms with Gasteiger partial charge in [-0.25, -0.2) is 0 Å². The number of ether oxygens (including phenoxy) is 4. The van der Waals surface area contributed by atoms with Crippen molar-refractivity contribution in [3.05, 3.63) is 0 Å². The molecule has 4 aliphatic rings. The molecule has 2 heterocycles. The maximum atomic E-state index is 13.1. The molecule has 18 heteroatoms. The minimum Gasteiger partial charge on any atom is -0.395 e. The molecule has 44 heavy (non-hydrogen) atoms. The van der Waals surface area contributed by atoms with E-state index in [1.54, 1.807) is 0 Å². The Hall–Kier alpha value is -1.01. The number of carbonyl (C=O) groups excluding carboxylic acids is 1. The Balaban J connectivity index is 1.54. The number of aliphatic hydroxyl groups is 8. The Labute approximate surface area is 254 Å². The largest absolute Gasteiger partial charge is 0.395 e. The van der Waals surface area contributed by atoms with Gasteiger partial charge in [0.1, 0.15) is 54.4 Å². The highest BCUT2D eigenvalue weighted by Crippen LogP contribution is 2.39. The van der Waals surface area contributed by atoms with Crippen LogP contribution in [0.15, 0.2) is 0 Å². The molecular formula is C26H49N5O13. The van der Waals surface area contributed by atoms with Crippen LogP contribution in [0.5, 0.6) is 0 Å². The first-order valence-electron chi connectivity index (χ1n) is 14.9. The fourth-order valence-corrected chi connectivity index (χ4v) is 6.48. The molecule has 0 spiro atoms. The van der Waals surface area contributed by atoms with Gasteiger partial charge in [-0.3, -0.25) is 4.79 Å². The Kier molecular flexibility index (Phi) is 12.1. The summed E-state index contributed by atoms with van der Waals surface area (Å²) in [5.74, 6) is -1.36. The number of ketones is 1. The van der Waals surface area contributed by atoms with E-state index in [1.807, 2.05) is 0 Å². The highest BCUT2D eigenvalue weighted by molar-refractivity contribution is 5.88. The van der Waals surface area contributed by atoms with E-state index in [-0.39, 0.29) is 51.4 Å². The molecule has 2 saturated carbocycles. The van der Waals surface area contributed by atoms with Crippen LogP contribution < -0.4 is 28.3 Å².